The summed E-state index contributed by atoms with van der Waals surface area (Å²) >= 11 is 0. The average molecular weight is 510 g/mol. The van der Waals surface area contributed by atoms with E-state index in [2.05, 4.69) is 36.1 Å². The Morgan fingerprint density at radius 2 is 1.47 bits per heavy atom. The molecule has 3 nitrogen and oxygen atoms in total. The van der Waals surface area contributed by atoms with E-state index in [-0.39, 0.29) is 30.3 Å². The molecule has 0 aliphatic heterocycles. The second kappa shape index (κ2) is 12.7. The lowest BCUT2D eigenvalue weighted by Gasteiger charge is -2.37. The summed E-state index contributed by atoms with van der Waals surface area (Å²) in [5, 5.41) is 0. The van der Waals surface area contributed by atoms with Gasteiger partial charge in [-0.25, -0.2) is 4.39 Å². The van der Waals surface area contributed by atoms with Gasteiger partial charge in [0.15, 0.2) is 0 Å². The van der Waals surface area contributed by atoms with E-state index in [0.717, 1.165) is 33.4 Å². The number of carbonyl (C=O) groups is 1. The predicted molar refractivity (Wildman–Crippen MR) is 152 cm³/mol. The first-order chi connectivity index (χ1) is 18.4. The number of esters is 1. The number of carbonyl (C=O) groups excluding carboxylic acids is 1. The number of benzene rings is 4. The van der Waals surface area contributed by atoms with Crippen LogP contribution in [0.1, 0.15) is 60.2 Å². The fraction of sp³-hybridized carbons (Fsp3) is 0.265. The molecule has 0 bridgehead atoms. The van der Waals surface area contributed by atoms with Crippen LogP contribution in [0, 0.1) is 19.7 Å². The quantitative estimate of drug-likeness (QED) is 0.201. The van der Waals surface area contributed by atoms with E-state index in [1.165, 1.54) is 6.07 Å². The molecule has 0 saturated heterocycles. The summed E-state index contributed by atoms with van der Waals surface area (Å²) in [5.41, 5.74) is 6.65. The van der Waals surface area contributed by atoms with Crippen molar-refractivity contribution in [3.8, 4) is 11.1 Å². The maximum Gasteiger partial charge on any atom is 0.307 e. The first-order valence-corrected chi connectivity index (χ1v) is 13.2. The average Bonchev–Trinajstić information content (AvgIpc) is 2.92. The van der Waals surface area contributed by atoms with Gasteiger partial charge >= 0.3 is 5.97 Å². The molecule has 0 fully saturated rings. The third kappa shape index (κ3) is 6.38. The van der Waals surface area contributed by atoms with Crippen molar-refractivity contribution < 1.29 is 13.9 Å². The molecule has 0 saturated carbocycles. The van der Waals surface area contributed by atoms with Crippen molar-refractivity contribution in [3.63, 3.8) is 0 Å². The summed E-state index contributed by atoms with van der Waals surface area (Å²) in [6.45, 7) is 8.92. The molecule has 4 rings (SSSR count). The zero-order chi connectivity index (χ0) is 27.1. The predicted octanol–water partition coefficient (Wildman–Crippen LogP) is 8.37. The molecular weight excluding hydrogens is 473 g/mol. The lowest BCUT2D eigenvalue weighted by atomic mass is 9.90. The van der Waals surface area contributed by atoms with E-state index in [1.807, 2.05) is 87.5 Å². The number of hydrogen-bond acceptors (Lipinski definition) is 3. The topological polar surface area (TPSA) is 29.5 Å². The van der Waals surface area contributed by atoms with E-state index < -0.39 is 0 Å². The second-order valence-corrected chi connectivity index (χ2v) is 9.78. The van der Waals surface area contributed by atoms with E-state index in [1.54, 1.807) is 0 Å². The highest BCUT2D eigenvalue weighted by Crippen LogP contribution is 2.38. The van der Waals surface area contributed by atoms with Gasteiger partial charge in [0.05, 0.1) is 13.0 Å². The van der Waals surface area contributed by atoms with Crippen molar-refractivity contribution in [2.75, 3.05) is 6.61 Å². The molecule has 4 aromatic rings. The Balaban J connectivity index is 1.85. The van der Waals surface area contributed by atoms with Crippen LogP contribution in [0.25, 0.3) is 11.1 Å². The molecule has 0 aromatic heterocycles. The van der Waals surface area contributed by atoms with Crippen LogP contribution in [0.2, 0.25) is 0 Å². The van der Waals surface area contributed by atoms with Gasteiger partial charge in [0.1, 0.15) is 5.82 Å². The molecule has 2 unspecified atom stereocenters. The van der Waals surface area contributed by atoms with E-state index >= 15 is 4.39 Å². The number of rotatable bonds is 10. The first kappa shape index (κ1) is 27.3. The lowest BCUT2D eigenvalue weighted by molar-refractivity contribution is -0.145. The Labute approximate surface area is 225 Å². The molecule has 38 heavy (non-hydrogen) atoms. The smallest absolute Gasteiger partial charge is 0.307 e. The molecule has 4 heteroatoms. The Bertz CT molecular complexity index is 1330. The van der Waals surface area contributed by atoms with E-state index in [9.17, 15) is 4.79 Å². The molecule has 4 aromatic carbocycles. The maximum atomic E-state index is 15.3. The van der Waals surface area contributed by atoms with Crippen molar-refractivity contribution >= 4 is 5.97 Å². The first-order valence-electron chi connectivity index (χ1n) is 13.2. The molecule has 0 amide bonds. The lowest BCUT2D eigenvalue weighted by Crippen LogP contribution is -2.33. The van der Waals surface area contributed by atoms with Gasteiger partial charge in [0.25, 0.3) is 0 Å². The van der Waals surface area contributed by atoms with Gasteiger partial charge in [-0.05, 0) is 73.2 Å². The van der Waals surface area contributed by atoms with Gasteiger partial charge in [-0.3, -0.25) is 9.69 Å². The van der Waals surface area contributed by atoms with Gasteiger partial charge in [0, 0.05) is 24.2 Å². The molecule has 0 radical (unpaired) electrons. The number of aryl methyl sites for hydroxylation is 2. The van der Waals surface area contributed by atoms with Crippen LogP contribution in [0.3, 0.4) is 0 Å². The van der Waals surface area contributed by atoms with Crippen molar-refractivity contribution in [3.05, 3.63) is 131 Å². The monoisotopic (exact) mass is 509 g/mol. The Morgan fingerprint density at radius 1 is 0.842 bits per heavy atom. The minimum atomic E-state index is -0.326. The molecule has 196 valence electrons. The summed E-state index contributed by atoms with van der Waals surface area (Å²) in [4.78, 5) is 15.3. The summed E-state index contributed by atoms with van der Waals surface area (Å²) in [7, 11) is 0. The minimum absolute atomic E-state index is 0.00969. The zero-order valence-corrected chi connectivity index (χ0v) is 22.7. The highest BCUT2D eigenvalue weighted by Gasteiger charge is 2.30. The Hall–Kier alpha value is -3.76. The fourth-order valence-electron chi connectivity index (χ4n) is 5.22. The third-order valence-electron chi connectivity index (χ3n) is 7.18. The fourth-order valence-corrected chi connectivity index (χ4v) is 5.22. The van der Waals surface area contributed by atoms with Crippen LogP contribution in [0.15, 0.2) is 97.1 Å². The summed E-state index contributed by atoms with van der Waals surface area (Å²) in [6.07, 6.45) is 0.162. The van der Waals surface area contributed by atoms with Crippen LogP contribution >= 0.6 is 0 Å². The van der Waals surface area contributed by atoms with Crippen LogP contribution < -0.4 is 0 Å². The maximum absolute atomic E-state index is 15.3. The van der Waals surface area contributed by atoms with Crippen LogP contribution in [0.4, 0.5) is 4.39 Å². The molecule has 0 heterocycles. The molecule has 0 aliphatic carbocycles. The van der Waals surface area contributed by atoms with Gasteiger partial charge in [-0.15, -0.1) is 0 Å². The highest BCUT2D eigenvalue weighted by molar-refractivity contribution is 5.73. The molecule has 0 spiro atoms. The largest absolute Gasteiger partial charge is 0.466 e. The van der Waals surface area contributed by atoms with E-state index in [4.69, 9.17) is 4.74 Å². The number of halogens is 1. The van der Waals surface area contributed by atoms with Crippen LogP contribution in [-0.2, 0) is 16.1 Å². The zero-order valence-electron chi connectivity index (χ0n) is 22.7. The number of nitrogens with zero attached hydrogens (tertiary/aromatic N) is 1. The van der Waals surface area contributed by atoms with Gasteiger partial charge in [0.2, 0.25) is 0 Å². The highest BCUT2D eigenvalue weighted by atomic mass is 19.1. The van der Waals surface area contributed by atoms with Gasteiger partial charge in [-0.2, -0.15) is 0 Å². The number of hydrogen-bond donors (Lipinski definition) is 0. The third-order valence-corrected chi connectivity index (χ3v) is 7.18. The molecule has 0 N–H and O–H groups in total. The minimum Gasteiger partial charge on any atom is -0.466 e. The molecule has 0 aliphatic rings. The second-order valence-electron chi connectivity index (χ2n) is 9.78. The standard InChI is InChI=1S/C34H36FNO2/c1-5-38-33(37)22-32(29-19-20-31(35)30(21-29)34-24(2)13-12-14-25(34)3)36(23-27-15-8-6-9-16-27)26(4)28-17-10-7-11-18-28/h6-21,26,32H,5,22-23H2,1-4H3. The number of ether oxygens (including phenoxy) is 1. The summed E-state index contributed by atoms with van der Waals surface area (Å²) in [5.74, 6) is -0.541. The molecular formula is C34H36FNO2. The normalized spacial score (nSPS) is 12.8. The van der Waals surface area contributed by atoms with Crippen molar-refractivity contribution in [1.29, 1.82) is 0 Å². The van der Waals surface area contributed by atoms with Gasteiger partial charge in [-0.1, -0.05) is 84.9 Å². The van der Waals surface area contributed by atoms with Crippen molar-refractivity contribution in [2.45, 2.75) is 52.7 Å². The molecule has 2 atom stereocenters. The van der Waals surface area contributed by atoms with Crippen LogP contribution in [-0.4, -0.2) is 17.5 Å². The Morgan fingerprint density at radius 3 is 2.11 bits per heavy atom. The Kier molecular flexibility index (Phi) is 9.09. The van der Waals surface area contributed by atoms with E-state index in [0.29, 0.717) is 18.7 Å². The summed E-state index contributed by atoms with van der Waals surface area (Å²) < 4.78 is 20.7. The van der Waals surface area contributed by atoms with Crippen molar-refractivity contribution in [1.82, 2.24) is 4.90 Å². The summed E-state index contributed by atoms with van der Waals surface area (Å²) in [6, 6.07) is 31.5. The van der Waals surface area contributed by atoms with Gasteiger partial charge < -0.3 is 4.74 Å². The SMILES string of the molecule is CCOC(=O)CC(c1ccc(F)c(-c2c(C)cccc2C)c1)N(Cc1ccccc1)C(C)c1ccccc1. The van der Waals surface area contributed by atoms with Crippen molar-refractivity contribution in [2.24, 2.45) is 0 Å². The van der Waals surface area contributed by atoms with Crippen LogP contribution in [0.5, 0.6) is 0 Å².